The summed E-state index contributed by atoms with van der Waals surface area (Å²) in [5, 5.41) is 1.39. The van der Waals surface area contributed by atoms with Crippen LogP contribution in [0.15, 0.2) is 48.5 Å². The molecule has 2 heterocycles. The van der Waals surface area contributed by atoms with Gasteiger partial charge in [-0.15, -0.1) is 4.68 Å². The molecule has 4 rings (SSSR count). The van der Waals surface area contributed by atoms with Gasteiger partial charge in [-0.1, -0.05) is 29.8 Å². The molecule has 1 aliphatic rings. The van der Waals surface area contributed by atoms with E-state index < -0.39 is 0 Å². The molecular weight excluding hydrogens is 244 g/mol. The lowest BCUT2D eigenvalue weighted by Crippen LogP contribution is -2.47. The highest BCUT2D eigenvalue weighted by molar-refractivity contribution is 5.91. The molecule has 0 saturated carbocycles. The van der Waals surface area contributed by atoms with E-state index in [4.69, 9.17) is 0 Å². The van der Waals surface area contributed by atoms with E-state index in [9.17, 15) is 0 Å². The summed E-state index contributed by atoms with van der Waals surface area (Å²) in [7, 11) is 0. The first-order valence-electron chi connectivity index (χ1n) is 7.43. The quantitative estimate of drug-likeness (QED) is 0.592. The molecule has 0 saturated heterocycles. The minimum atomic E-state index is 1.12. The van der Waals surface area contributed by atoms with Gasteiger partial charge in [0.1, 0.15) is 5.52 Å². The molecule has 20 heavy (non-hydrogen) atoms. The van der Waals surface area contributed by atoms with Crippen molar-refractivity contribution in [3.8, 4) is 11.3 Å². The third-order valence-electron chi connectivity index (χ3n) is 4.27. The van der Waals surface area contributed by atoms with E-state index in [1.54, 1.807) is 0 Å². The smallest absolute Gasteiger partial charge is 0.152 e. The maximum Gasteiger partial charge on any atom is 0.246 e. The Hall–Kier alpha value is -2.09. The van der Waals surface area contributed by atoms with Crippen LogP contribution in [0.25, 0.3) is 22.2 Å². The predicted molar refractivity (Wildman–Crippen MR) is 81.5 cm³/mol. The molecule has 0 unspecified atom stereocenters. The zero-order valence-corrected chi connectivity index (χ0v) is 11.8. The van der Waals surface area contributed by atoms with Crippen LogP contribution in [0, 0.1) is 6.92 Å². The lowest BCUT2D eigenvalue weighted by atomic mass is 10.1. The van der Waals surface area contributed by atoms with Gasteiger partial charge < -0.3 is 0 Å². The highest BCUT2D eigenvalue weighted by Crippen LogP contribution is 2.29. The summed E-state index contributed by atoms with van der Waals surface area (Å²) in [5.41, 5.74) is 5.40. The van der Waals surface area contributed by atoms with Crippen LogP contribution in [0.5, 0.6) is 0 Å². The lowest BCUT2D eigenvalue weighted by Gasteiger charge is -2.10. The molecule has 0 N–H and O–H groups in total. The average molecular weight is 263 g/mol. The summed E-state index contributed by atoms with van der Waals surface area (Å²) >= 11 is 0. The average Bonchev–Trinajstić information content (AvgIpc) is 2.81. The number of nitrogens with zero attached hydrogens (tertiary/aromatic N) is 2. The minimum absolute atomic E-state index is 1.12. The Morgan fingerprint density at radius 3 is 2.70 bits per heavy atom. The van der Waals surface area contributed by atoms with Gasteiger partial charge in [0.2, 0.25) is 5.69 Å². The van der Waals surface area contributed by atoms with Crippen molar-refractivity contribution < 1.29 is 4.68 Å². The van der Waals surface area contributed by atoms with Gasteiger partial charge in [-0.05, 0) is 37.6 Å². The predicted octanol–water partition coefficient (Wildman–Crippen LogP) is 3.70. The van der Waals surface area contributed by atoms with Crippen molar-refractivity contribution in [2.75, 3.05) is 0 Å². The first-order valence-corrected chi connectivity index (χ1v) is 7.43. The first kappa shape index (κ1) is 11.7. The standard InChI is InChI=1S/C18H19N2/c1-14-9-10-17-16(13-14)18(15-7-3-2-4-8-15)20-12-6-5-11-19(17)20/h2-4,7-10,13H,5-6,11-12H2,1H3/q+1. The molecule has 0 aliphatic carbocycles. The molecule has 100 valence electrons. The maximum atomic E-state index is 2.48. The summed E-state index contributed by atoms with van der Waals surface area (Å²) in [6, 6.07) is 17.6. The van der Waals surface area contributed by atoms with E-state index in [2.05, 4.69) is 64.8 Å². The highest BCUT2D eigenvalue weighted by atomic mass is 15.4. The normalized spacial score (nSPS) is 14.4. The molecular formula is C18H19N2+. The van der Waals surface area contributed by atoms with E-state index in [1.807, 2.05) is 0 Å². The maximum absolute atomic E-state index is 2.48. The zero-order chi connectivity index (χ0) is 13.5. The molecule has 2 nitrogen and oxygen atoms in total. The van der Waals surface area contributed by atoms with Gasteiger partial charge >= 0.3 is 0 Å². The summed E-state index contributed by atoms with van der Waals surface area (Å²) in [4.78, 5) is 0. The van der Waals surface area contributed by atoms with E-state index in [0.717, 1.165) is 13.1 Å². The van der Waals surface area contributed by atoms with Crippen LogP contribution in [-0.2, 0) is 13.1 Å². The second kappa shape index (κ2) is 4.48. The summed E-state index contributed by atoms with van der Waals surface area (Å²) in [5.74, 6) is 0. The van der Waals surface area contributed by atoms with Crippen LogP contribution >= 0.6 is 0 Å². The third-order valence-corrected chi connectivity index (χ3v) is 4.27. The van der Waals surface area contributed by atoms with Gasteiger partial charge in [-0.3, -0.25) is 0 Å². The SMILES string of the molecule is Cc1ccc2c(c1)c(-c1ccccc1)[n+]1n2CCCC1. The largest absolute Gasteiger partial charge is 0.246 e. The highest BCUT2D eigenvalue weighted by Gasteiger charge is 2.28. The van der Waals surface area contributed by atoms with Crippen molar-refractivity contribution in [2.24, 2.45) is 0 Å². The molecule has 0 spiro atoms. The zero-order valence-electron chi connectivity index (χ0n) is 11.8. The second-order valence-corrected chi connectivity index (χ2v) is 5.69. The Morgan fingerprint density at radius 1 is 1.00 bits per heavy atom. The third kappa shape index (κ3) is 1.68. The van der Waals surface area contributed by atoms with Crippen LogP contribution in [0.2, 0.25) is 0 Å². The molecule has 2 heteroatoms. The second-order valence-electron chi connectivity index (χ2n) is 5.69. The number of benzene rings is 2. The number of hydrogen-bond donors (Lipinski definition) is 0. The fourth-order valence-electron chi connectivity index (χ4n) is 3.35. The minimum Gasteiger partial charge on any atom is -0.152 e. The Bertz CT molecular complexity index is 769. The molecule has 0 bridgehead atoms. The van der Waals surface area contributed by atoms with Crippen molar-refractivity contribution in [3.05, 3.63) is 54.1 Å². The number of rotatable bonds is 1. The van der Waals surface area contributed by atoms with Crippen molar-refractivity contribution in [1.29, 1.82) is 0 Å². The fourth-order valence-corrected chi connectivity index (χ4v) is 3.35. The number of fused-ring (bicyclic) bond motifs is 3. The number of hydrogen-bond acceptors (Lipinski definition) is 0. The van der Waals surface area contributed by atoms with Gasteiger partial charge in [0, 0.05) is 12.0 Å². The van der Waals surface area contributed by atoms with Crippen molar-refractivity contribution in [1.82, 2.24) is 4.68 Å². The van der Waals surface area contributed by atoms with Gasteiger partial charge in [-0.25, -0.2) is 0 Å². The number of aromatic nitrogens is 2. The van der Waals surface area contributed by atoms with Crippen LogP contribution in [0.3, 0.4) is 0 Å². The molecule has 0 amide bonds. The van der Waals surface area contributed by atoms with E-state index >= 15 is 0 Å². The van der Waals surface area contributed by atoms with Gasteiger partial charge in [0.15, 0.2) is 6.54 Å². The van der Waals surface area contributed by atoms with Crippen molar-refractivity contribution in [3.63, 3.8) is 0 Å². The molecule has 2 aromatic carbocycles. The van der Waals surface area contributed by atoms with E-state index in [0.29, 0.717) is 0 Å². The Kier molecular flexibility index (Phi) is 2.62. The van der Waals surface area contributed by atoms with Gasteiger partial charge in [0.05, 0.1) is 11.9 Å². The Morgan fingerprint density at radius 2 is 1.85 bits per heavy atom. The molecule has 1 aromatic heterocycles. The molecule has 1 aliphatic heterocycles. The monoisotopic (exact) mass is 263 g/mol. The van der Waals surface area contributed by atoms with E-state index in [-0.39, 0.29) is 0 Å². The van der Waals surface area contributed by atoms with E-state index in [1.165, 1.54) is 40.6 Å². The van der Waals surface area contributed by atoms with Crippen LogP contribution in [0.1, 0.15) is 18.4 Å². The van der Waals surface area contributed by atoms with Crippen LogP contribution < -0.4 is 4.68 Å². The fraction of sp³-hybridized carbons (Fsp3) is 0.278. The molecule has 0 fully saturated rings. The summed E-state index contributed by atoms with van der Waals surface area (Å²) < 4.78 is 4.93. The lowest BCUT2D eigenvalue weighted by molar-refractivity contribution is -0.770. The van der Waals surface area contributed by atoms with Crippen LogP contribution in [0.4, 0.5) is 0 Å². The van der Waals surface area contributed by atoms with Crippen molar-refractivity contribution >= 4 is 10.9 Å². The molecule has 0 radical (unpaired) electrons. The topological polar surface area (TPSA) is 8.81 Å². The molecule has 0 atom stereocenters. The van der Waals surface area contributed by atoms with Crippen molar-refractivity contribution in [2.45, 2.75) is 32.9 Å². The van der Waals surface area contributed by atoms with Gasteiger partial charge in [0.25, 0.3) is 0 Å². The van der Waals surface area contributed by atoms with Gasteiger partial charge in [-0.2, -0.15) is 4.68 Å². The summed E-state index contributed by atoms with van der Waals surface area (Å²) in [6.45, 7) is 4.43. The van der Waals surface area contributed by atoms with Crippen LogP contribution in [-0.4, -0.2) is 4.68 Å². The Balaban J connectivity index is 2.10. The summed E-state index contributed by atoms with van der Waals surface area (Å²) in [6.07, 6.45) is 2.56. The first-order chi connectivity index (χ1) is 9.84. The number of aryl methyl sites for hydroxylation is 2. The molecule has 3 aromatic rings. The Labute approximate surface area is 119 Å².